The number of carbonyl (C=O) groups excluding carboxylic acids is 1. The summed E-state index contributed by atoms with van der Waals surface area (Å²) in [6.45, 7) is 5.95. The van der Waals surface area contributed by atoms with Crippen LogP contribution in [0.5, 0.6) is 5.75 Å². The van der Waals surface area contributed by atoms with E-state index >= 15 is 0 Å². The molecule has 1 N–H and O–H groups in total. The minimum atomic E-state index is -4.89. The first-order valence-corrected chi connectivity index (χ1v) is 5.88. The van der Waals surface area contributed by atoms with E-state index in [2.05, 4.69) is 0 Å². The molecule has 106 valence electrons. The van der Waals surface area contributed by atoms with Crippen LogP contribution >= 0.6 is 0 Å². The molecule has 0 saturated carbocycles. The summed E-state index contributed by atoms with van der Waals surface area (Å²) in [5, 5.41) is 1.83. The second kappa shape index (κ2) is 5.95. The van der Waals surface area contributed by atoms with Gasteiger partial charge < -0.3 is 10.1 Å². The summed E-state index contributed by atoms with van der Waals surface area (Å²) >= 11 is 0. The molecule has 1 amide bonds. The average Bonchev–Trinajstić information content (AvgIpc) is 2.26. The molecule has 0 radical (unpaired) electrons. The van der Waals surface area contributed by atoms with Crippen LogP contribution in [0.1, 0.15) is 24.5 Å². The van der Waals surface area contributed by atoms with Crippen LogP contribution in [0.3, 0.4) is 0 Å². The monoisotopic (exact) mass is 275 g/mol. The number of amides is 1. The van der Waals surface area contributed by atoms with E-state index in [0.29, 0.717) is 23.5 Å². The number of aryl methyl sites for hydroxylation is 2. The first-order chi connectivity index (χ1) is 8.75. The highest BCUT2D eigenvalue weighted by Gasteiger charge is 2.38. The van der Waals surface area contributed by atoms with Crippen LogP contribution in [0.15, 0.2) is 12.1 Å². The van der Waals surface area contributed by atoms with E-state index in [0.717, 1.165) is 6.42 Å². The lowest BCUT2D eigenvalue weighted by molar-refractivity contribution is -0.167. The van der Waals surface area contributed by atoms with Crippen LogP contribution in [0.25, 0.3) is 0 Å². The zero-order valence-electron chi connectivity index (χ0n) is 11.0. The van der Waals surface area contributed by atoms with Crippen LogP contribution in [0.2, 0.25) is 0 Å². The van der Waals surface area contributed by atoms with Gasteiger partial charge in [-0.25, -0.2) is 0 Å². The Morgan fingerprint density at radius 2 is 1.79 bits per heavy atom. The van der Waals surface area contributed by atoms with Gasteiger partial charge in [-0.3, -0.25) is 4.79 Å². The van der Waals surface area contributed by atoms with Crippen molar-refractivity contribution in [1.82, 2.24) is 0 Å². The zero-order chi connectivity index (χ0) is 14.6. The van der Waals surface area contributed by atoms with Crippen LogP contribution in [-0.2, 0) is 4.79 Å². The maximum Gasteiger partial charge on any atom is 0.471 e. The Kier molecular flexibility index (Phi) is 4.80. The first kappa shape index (κ1) is 15.3. The third-order valence-corrected chi connectivity index (χ3v) is 2.43. The van der Waals surface area contributed by atoms with E-state index in [1.807, 2.05) is 12.2 Å². The molecule has 0 bridgehead atoms. The van der Waals surface area contributed by atoms with E-state index in [1.54, 1.807) is 13.8 Å². The number of carbonyl (C=O) groups is 1. The molecule has 0 atom stereocenters. The highest BCUT2D eigenvalue weighted by Crippen LogP contribution is 2.28. The SMILES string of the molecule is CCCOc1c(C)cc(NC(=O)C(F)(F)F)cc1C. The number of hydrogen-bond acceptors (Lipinski definition) is 2. The quantitative estimate of drug-likeness (QED) is 0.911. The highest BCUT2D eigenvalue weighted by atomic mass is 19.4. The third-order valence-electron chi connectivity index (χ3n) is 2.43. The number of hydrogen-bond donors (Lipinski definition) is 1. The Morgan fingerprint density at radius 1 is 1.26 bits per heavy atom. The van der Waals surface area contributed by atoms with Gasteiger partial charge in [-0.15, -0.1) is 0 Å². The van der Waals surface area contributed by atoms with E-state index in [1.165, 1.54) is 12.1 Å². The van der Waals surface area contributed by atoms with E-state index in [9.17, 15) is 18.0 Å². The van der Waals surface area contributed by atoms with Crippen molar-refractivity contribution < 1.29 is 22.7 Å². The summed E-state index contributed by atoms with van der Waals surface area (Å²) in [7, 11) is 0. The molecule has 0 heterocycles. The van der Waals surface area contributed by atoms with Crippen molar-refractivity contribution in [1.29, 1.82) is 0 Å². The van der Waals surface area contributed by atoms with Gasteiger partial charge in [0.15, 0.2) is 0 Å². The van der Waals surface area contributed by atoms with E-state index in [4.69, 9.17) is 4.74 Å². The fourth-order valence-electron chi connectivity index (χ4n) is 1.66. The minimum absolute atomic E-state index is 0.112. The average molecular weight is 275 g/mol. The van der Waals surface area contributed by atoms with Gasteiger partial charge in [-0.1, -0.05) is 6.92 Å². The molecule has 1 rings (SSSR count). The topological polar surface area (TPSA) is 38.3 Å². The molecular formula is C13H16F3NO2. The molecule has 1 aromatic carbocycles. The minimum Gasteiger partial charge on any atom is -0.493 e. The summed E-state index contributed by atoms with van der Waals surface area (Å²) in [5.74, 6) is -1.33. The number of benzene rings is 1. The van der Waals surface area contributed by atoms with Gasteiger partial charge >= 0.3 is 12.1 Å². The molecule has 6 heteroatoms. The Bertz CT molecular complexity index is 446. The van der Waals surface area contributed by atoms with Gasteiger partial charge in [-0.05, 0) is 43.5 Å². The second-order valence-corrected chi connectivity index (χ2v) is 4.24. The smallest absolute Gasteiger partial charge is 0.471 e. The zero-order valence-corrected chi connectivity index (χ0v) is 11.0. The molecular weight excluding hydrogens is 259 g/mol. The Balaban J connectivity index is 2.92. The van der Waals surface area contributed by atoms with Crippen molar-refractivity contribution in [3.8, 4) is 5.75 Å². The molecule has 0 aliphatic heterocycles. The largest absolute Gasteiger partial charge is 0.493 e. The number of rotatable bonds is 4. The molecule has 0 saturated heterocycles. The molecule has 0 unspecified atom stereocenters. The van der Waals surface area contributed by atoms with Crippen molar-refractivity contribution in [2.45, 2.75) is 33.4 Å². The fraction of sp³-hybridized carbons (Fsp3) is 0.462. The van der Waals surface area contributed by atoms with Crippen LogP contribution in [0.4, 0.5) is 18.9 Å². The van der Waals surface area contributed by atoms with Crippen LogP contribution in [0, 0.1) is 13.8 Å². The highest BCUT2D eigenvalue weighted by molar-refractivity contribution is 5.95. The first-order valence-electron chi connectivity index (χ1n) is 5.88. The van der Waals surface area contributed by atoms with Crippen molar-refractivity contribution in [2.75, 3.05) is 11.9 Å². The van der Waals surface area contributed by atoms with Gasteiger partial charge in [-0.2, -0.15) is 13.2 Å². The Hall–Kier alpha value is -1.72. The maximum atomic E-state index is 12.1. The van der Waals surface area contributed by atoms with Gasteiger partial charge in [0, 0.05) is 5.69 Å². The van der Waals surface area contributed by atoms with Gasteiger partial charge in [0.05, 0.1) is 6.61 Å². The van der Waals surface area contributed by atoms with Crippen molar-refractivity contribution in [2.24, 2.45) is 0 Å². The number of alkyl halides is 3. The van der Waals surface area contributed by atoms with Crippen LogP contribution < -0.4 is 10.1 Å². The molecule has 19 heavy (non-hydrogen) atoms. The van der Waals surface area contributed by atoms with Crippen molar-refractivity contribution in [3.05, 3.63) is 23.3 Å². The summed E-state index contributed by atoms with van der Waals surface area (Å²) < 4.78 is 41.9. The number of halogens is 3. The summed E-state index contributed by atoms with van der Waals surface area (Å²) in [4.78, 5) is 10.8. The van der Waals surface area contributed by atoms with Crippen molar-refractivity contribution in [3.63, 3.8) is 0 Å². The Morgan fingerprint density at radius 3 is 2.21 bits per heavy atom. The molecule has 0 spiro atoms. The van der Waals surface area contributed by atoms with Crippen molar-refractivity contribution >= 4 is 11.6 Å². The van der Waals surface area contributed by atoms with E-state index < -0.39 is 12.1 Å². The normalized spacial score (nSPS) is 11.3. The number of ether oxygens (including phenoxy) is 1. The fourth-order valence-corrected chi connectivity index (χ4v) is 1.66. The molecule has 0 aromatic heterocycles. The molecule has 3 nitrogen and oxygen atoms in total. The third kappa shape index (κ3) is 4.15. The number of anilines is 1. The number of nitrogens with one attached hydrogen (secondary N) is 1. The predicted octanol–water partition coefficient (Wildman–Crippen LogP) is 3.59. The van der Waals surface area contributed by atoms with Gasteiger partial charge in [0.2, 0.25) is 0 Å². The summed E-state index contributed by atoms with van der Waals surface area (Å²) in [5.41, 5.74) is 1.48. The van der Waals surface area contributed by atoms with Gasteiger partial charge in [0.1, 0.15) is 5.75 Å². The molecule has 0 fully saturated rings. The predicted molar refractivity (Wildman–Crippen MR) is 66.4 cm³/mol. The lowest BCUT2D eigenvalue weighted by Crippen LogP contribution is -2.30. The molecule has 0 aliphatic rings. The summed E-state index contributed by atoms with van der Waals surface area (Å²) in [6, 6.07) is 2.92. The van der Waals surface area contributed by atoms with Gasteiger partial charge in [0.25, 0.3) is 0 Å². The standard InChI is InChI=1S/C13H16F3NO2/c1-4-5-19-11-8(2)6-10(7-9(11)3)17-12(18)13(14,15)16/h6-7H,4-5H2,1-3H3,(H,17,18). The maximum absolute atomic E-state index is 12.1. The van der Waals surface area contributed by atoms with Crippen LogP contribution in [-0.4, -0.2) is 18.7 Å². The lowest BCUT2D eigenvalue weighted by Gasteiger charge is -2.14. The molecule has 1 aromatic rings. The molecule has 0 aliphatic carbocycles. The summed E-state index contributed by atoms with van der Waals surface area (Å²) in [6.07, 6.45) is -4.05. The second-order valence-electron chi connectivity index (χ2n) is 4.24. The lowest BCUT2D eigenvalue weighted by atomic mass is 10.1. The van der Waals surface area contributed by atoms with E-state index in [-0.39, 0.29) is 5.69 Å². The Labute approximate surface area is 109 Å².